The van der Waals surface area contributed by atoms with Gasteiger partial charge in [0.05, 0.1) is 11.0 Å². The molecule has 5 heteroatoms. The van der Waals surface area contributed by atoms with Crippen LogP contribution in [0.3, 0.4) is 0 Å². The molecular weight excluding hydrogens is 196 g/mol. The number of aliphatic hydroxyl groups is 1. The molecule has 0 saturated carbocycles. The van der Waals surface area contributed by atoms with Crippen LogP contribution in [0.1, 0.15) is 12.5 Å². The minimum Gasteiger partial charge on any atom is -0.392 e. The van der Waals surface area contributed by atoms with E-state index in [1.54, 1.807) is 19.1 Å². The van der Waals surface area contributed by atoms with E-state index in [2.05, 4.69) is 5.32 Å². The van der Waals surface area contributed by atoms with Gasteiger partial charge in [-0.2, -0.15) is 0 Å². The van der Waals surface area contributed by atoms with E-state index in [-0.39, 0.29) is 11.8 Å². The molecule has 0 aliphatic heterocycles. The summed E-state index contributed by atoms with van der Waals surface area (Å²) in [4.78, 5) is 9.95. The largest absolute Gasteiger partial charge is 0.392 e. The van der Waals surface area contributed by atoms with Crippen molar-refractivity contribution in [2.75, 3.05) is 6.54 Å². The first kappa shape index (κ1) is 11.6. The second-order valence-corrected chi connectivity index (χ2v) is 3.40. The zero-order valence-electron chi connectivity index (χ0n) is 8.51. The summed E-state index contributed by atoms with van der Waals surface area (Å²) in [5.41, 5.74) is 1.05. The SMILES string of the molecule is C[C@H](O)CNCc1ccc([N+](=O)[O-])cc1. The van der Waals surface area contributed by atoms with E-state index in [1.165, 1.54) is 12.1 Å². The van der Waals surface area contributed by atoms with E-state index in [1.807, 2.05) is 0 Å². The van der Waals surface area contributed by atoms with Crippen LogP contribution in [0.15, 0.2) is 24.3 Å². The lowest BCUT2D eigenvalue weighted by molar-refractivity contribution is -0.384. The lowest BCUT2D eigenvalue weighted by atomic mass is 10.2. The van der Waals surface area contributed by atoms with E-state index in [4.69, 9.17) is 5.11 Å². The van der Waals surface area contributed by atoms with Gasteiger partial charge in [-0.3, -0.25) is 10.1 Å². The van der Waals surface area contributed by atoms with Gasteiger partial charge in [-0.05, 0) is 12.5 Å². The quantitative estimate of drug-likeness (QED) is 0.563. The second kappa shape index (κ2) is 5.43. The van der Waals surface area contributed by atoms with Crippen LogP contribution in [0.25, 0.3) is 0 Å². The zero-order chi connectivity index (χ0) is 11.3. The maximum atomic E-state index is 10.4. The van der Waals surface area contributed by atoms with Crippen molar-refractivity contribution in [1.82, 2.24) is 5.32 Å². The first-order chi connectivity index (χ1) is 7.09. The third kappa shape index (κ3) is 4.05. The van der Waals surface area contributed by atoms with Gasteiger partial charge in [-0.15, -0.1) is 0 Å². The lowest BCUT2D eigenvalue weighted by Gasteiger charge is -2.06. The summed E-state index contributed by atoms with van der Waals surface area (Å²) < 4.78 is 0. The van der Waals surface area contributed by atoms with Gasteiger partial charge in [-0.1, -0.05) is 12.1 Å². The fourth-order valence-electron chi connectivity index (χ4n) is 1.16. The minimum atomic E-state index is -0.424. The Bertz CT molecular complexity index is 322. The molecule has 0 bridgehead atoms. The molecular formula is C10H14N2O3. The van der Waals surface area contributed by atoms with Crippen molar-refractivity contribution < 1.29 is 10.0 Å². The van der Waals surface area contributed by atoms with Crippen LogP contribution in [-0.4, -0.2) is 22.7 Å². The predicted octanol–water partition coefficient (Wildman–Crippen LogP) is 1.07. The van der Waals surface area contributed by atoms with Gasteiger partial charge in [0.25, 0.3) is 5.69 Å². The van der Waals surface area contributed by atoms with Crippen molar-refractivity contribution in [3.63, 3.8) is 0 Å². The van der Waals surface area contributed by atoms with E-state index in [0.717, 1.165) is 5.56 Å². The molecule has 5 nitrogen and oxygen atoms in total. The highest BCUT2D eigenvalue weighted by Gasteiger charge is 2.03. The molecule has 1 atom stereocenters. The number of nitro groups is 1. The summed E-state index contributed by atoms with van der Waals surface area (Å²) in [5, 5.41) is 22.4. The van der Waals surface area contributed by atoms with Crippen LogP contribution in [0.4, 0.5) is 5.69 Å². The number of rotatable bonds is 5. The number of benzene rings is 1. The molecule has 0 aliphatic carbocycles. The van der Waals surface area contributed by atoms with Crippen molar-refractivity contribution in [2.45, 2.75) is 19.6 Å². The lowest BCUT2D eigenvalue weighted by Crippen LogP contribution is -2.23. The minimum absolute atomic E-state index is 0.0919. The molecule has 0 aromatic heterocycles. The summed E-state index contributed by atoms with van der Waals surface area (Å²) in [6.07, 6.45) is -0.386. The number of hydrogen-bond acceptors (Lipinski definition) is 4. The molecule has 0 unspecified atom stereocenters. The third-order valence-corrected chi connectivity index (χ3v) is 1.92. The zero-order valence-corrected chi connectivity index (χ0v) is 8.51. The summed E-state index contributed by atoms with van der Waals surface area (Å²) in [7, 11) is 0. The number of hydrogen-bond donors (Lipinski definition) is 2. The Morgan fingerprint density at radius 1 is 1.47 bits per heavy atom. The van der Waals surface area contributed by atoms with E-state index in [0.29, 0.717) is 13.1 Å². The van der Waals surface area contributed by atoms with Gasteiger partial charge < -0.3 is 10.4 Å². The molecule has 0 fully saturated rings. The van der Waals surface area contributed by atoms with Crippen LogP contribution in [-0.2, 0) is 6.54 Å². The van der Waals surface area contributed by atoms with E-state index < -0.39 is 4.92 Å². The highest BCUT2D eigenvalue weighted by atomic mass is 16.6. The molecule has 0 saturated heterocycles. The molecule has 0 heterocycles. The van der Waals surface area contributed by atoms with E-state index >= 15 is 0 Å². The molecule has 1 rings (SSSR count). The summed E-state index contributed by atoms with van der Waals surface area (Å²) >= 11 is 0. The van der Waals surface area contributed by atoms with Crippen molar-refractivity contribution in [2.24, 2.45) is 0 Å². The van der Waals surface area contributed by atoms with Crippen molar-refractivity contribution in [3.05, 3.63) is 39.9 Å². The van der Waals surface area contributed by atoms with Crippen LogP contribution < -0.4 is 5.32 Å². The molecule has 1 aromatic rings. The Kier molecular flexibility index (Phi) is 4.20. The Labute approximate surface area is 87.9 Å². The average Bonchev–Trinajstić information content (AvgIpc) is 2.18. The number of nitro benzene ring substituents is 1. The van der Waals surface area contributed by atoms with Crippen molar-refractivity contribution in [1.29, 1.82) is 0 Å². The summed E-state index contributed by atoms with van der Waals surface area (Å²) in [6, 6.07) is 6.35. The predicted molar refractivity (Wildman–Crippen MR) is 56.5 cm³/mol. The van der Waals surface area contributed by atoms with Crippen LogP contribution in [0.5, 0.6) is 0 Å². The number of aliphatic hydroxyl groups excluding tert-OH is 1. The molecule has 1 aromatic carbocycles. The molecule has 0 radical (unpaired) electrons. The molecule has 2 N–H and O–H groups in total. The van der Waals surface area contributed by atoms with Gasteiger partial charge in [0.2, 0.25) is 0 Å². The third-order valence-electron chi connectivity index (χ3n) is 1.92. The summed E-state index contributed by atoms with van der Waals surface area (Å²) in [6.45, 7) is 2.81. The van der Waals surface area contributed by atoms with Crippen molar-refractivity contribution >= 4 is 5.69 Å². The topological polar surface area (TPSA) is 75.4 Å². The maximum Gasteiger partial charge on any atom is 0.269 e. The standard InChI is InChI=1S/C10H14N2O3/c1-8(13)6-11-7-9-2-4-10(5-3-9)12(14)15/h2-5,8,11,13H,6-7H2,1H3/t8-/m0/s1. The fourth-order valence-corrected chi connectivity index (χ4v) is 1.16. The van der Waals surface area contributed by atoms with Gasteiger partial charge in [0.15, 0.2) is 0 Å². The molecule has 0 amide bonds. The number of non-ortho nitro benzene ring substituents is 1. The molecule has 0 spiro atoms. The molecule has 82 valence electrons. The van der Waals surface area contributed by atoms with Crippen LogP contribution in [0.2, 0.25) is 0 Å². The highest BCUT2D eigenvalue weighted by Crippen LogP contribution is 2.11. The van der Waals surface area contributed by atoms with Gasteiger partial charge in [-0.25, -0.2) is 0 Å². The number of nitrogens with zero attached hydrogens (tertiary/aromatic N) is 1. The molecule has 0 aliphatic rings. The van der Waals surface area contributed by atoms with E-state index in [9.17, 15) is 10.1 Å². The van der Waals surface area contributed by atoms with Crippen LogP contribution in [0, 0.1) is 10.1 Å². The smallest absolute Gasteiger partial charge is 0.269 e. The van der Waals surface area contributed by atoms with Crippen LogP contribution >= 0.6 is 0 Å². The Morgan fingerprint density at radius 2 is 2.07 bits per heavy atom. The highest BCUT2D eigenvalue weighted by molar-refractivity contribution is 5.32. The van der Waals surface area contributed by atoms with Gasteiger partial charge in [0.1, 0.15) is 0 Å². The normalized spacial score (nSPS) is 12.4. The Balaban J connectivity index is 2.46. The summed E-state index contributed by atoms with van der Waals surface area (Å²) in [5.74, 6) is 0. The first-order valence-electron chi connectivity index (χ1n) is 4.71. The Hall–Kier alpha value is -1.46. The molecule has 15 heavy (non-hydrogen) atoms. The fraction of sp³-hybridized carbons (Fsp3) is 0.400. The van der Waals surface area contributed by atoms with Gasteiger partial charge in [0, 0.05) is 25.2 Å². The number of nitrogens with one attached hydrogen (secondary N) is 1. The first-order valence-corrected chi connectivity index (χ1v) is 4.71. The monoisotopic (exact) mass is 210 g/mol. The maximum absolute atomic E-state index is 10.4. The Morgan fingerprint density at radius 3 is 2.53 bits per heavy atom. The van der Waals surface area contributed by atoms with Crippen molar-refractivity contribution in [3.8, 4) is 0 Å². The van der Waals surface area contributed by atoms with Gasteiger partial charge >= 0.3 is 0 Å². The second-order valence-electron chi connectivity index (χ2n) is 3.40. The average molecular weight is 210 g/mol.